The summed E-state index contributed by atoms with van der Waals surface area (Å²) in [5, 5.41) is 13.7. The molecule has 2 heterocycles. The molecule has 3 rings (SSSR count). The molecule has 2 aromatic rings. The average molecular weight is 316 g/mol. The van der Waals surface area contributed by atoms with Gasteiger partial charge in [-0.25, -0.2) is 4.79 Å². The number of fused-ring (bicyclic) bond motifs is 1. The van der Waals surface area contributed by atoms with Crippen molar-refractivity contribution < 1.29 is 14.3 Å². The second-order valence-corrected chi connectivity index (χ2v) is 6.42. The molecule has 2 amide bonds. The van der Waals surface area contributed by atoms with E-state index in [4.69, 9.17) is 4.42 Å². The maximum absolute atomic E-state index is 12.4. The third kappa shape index (κ3) is 3.50. The molecule has 1 aliphatic rings. The second-order valence-electron chi connectivity index (χ2n) is 6.42. The first-order valence-electron chi connectivity index (χ1n) is 8.26. The summed E-state index contributed by atoms with van der Waals surface area (Å²) >= 11 is 0. The van der Waals surface area contributed by atoms with Crippen LogP contribution in [0.5, 0.6) is 0 Å². The summed E-state index contributed by atoms with van der Waals surface area (Å²) in [6.07, 6.45) is 1.41. The molecule has 5 heteroatoms. The predicted octanol–water partition coefficient (Wildman–Crippen LogP) is 3.30. The number of aliphatic hydroxyl groups is 1. The van der Waals surface area contributed by atoms with Crippen LogP contribution in [0.2, 0.25) is 0 Å². The number of amides is 2. The van der Waals surface area contributed by atoms with Gasteiger partial charge in [-0.05, 0) is 44.7 Å². The van der Waals surface area contributed by atoms with Crippen molar-refractivity contribution in [1.82, 2.24) is 10.2 Å². The van der Waals surface area contributed by atoms with Crippen LogP contribution < -0.4 is 5.32 Å². The van der Waals surface area contributed by atoms with Crippen molar-refractivity contribution in [2.75, 3.05) is 13.1 Å². The van der Waals surface area contributed by atoms with Crippen molar-refractivity contribution in [3.8, 4) is 0 Å². The number of nitrogens with one attached hydrogen (secondary N) is 1. The van der Waals surface area contributed by atoms with Crippen molar-refractivity contribution in [1.29, 1.82) is 0 Å². The van der Waals surface area contributed by atoms with Crippen molar-refractivity contribution in [3.05, 3.63) is 36.1 Å². The maximum Gasteiger partial charge on any atom is 0.317 e. The van der Waals surface area contributed by atoms with Crippen LogP contribution in [0.15, 0.2) is 34.7 Å². The number of hydrogen-bond donors (Lipinski definition) is 2. The SMILES string of the molecule is CC(NC(=O)N1CCC(C(C)O)CC1)c1cc2ccccc2o1. The van der Waals surface area contributed by atoms with E-state index in [-0.39, 0.29) is 18.2 Å². The lowest BCUT2D eigenvalue weighted by Crippen LogP contribution is -2.46. The fraction of sp³-hybridized carbons (Fsp3) is 0.500. The van der Waals surface area contributed by atoms with Crippen LogP contribution in [-0.2, 0) is 0 Å². The molecule has 2 unspecified atom stereocenters. The summed E-state index contributed by atoms with van der Waals surface area (Å²) in [4.78, 5) is 14.2. The Bertz CT molecular complexity index is 639. The van der Waals surface area contributed by atoms with Crippen LogP contribution >= 0.6 is 0 Å². The number of carbonyl (C=O) groups is 1. The third-order valence-electron chi connectivity index (χ3n) is 4.72. The van der Waals surface area contributed by atoms with E-state index in [0.29, 0.717) is 19.0 Å². The molecule has 0 saturated carbocycles. The minimum atomic E-state index is -0.297. The highest BCUT2D eigenvalue weighted by Crippen LogP contribution is 2.24. The van der Waals surface area contributed by atoms with Gasteiger partial charge in [0.05, 0.1) is 12.1 Å². The Morgan fingerprint density at radius 2 is 2.00 bits per heavy atom. The zero-order valence-electron chi connectivity index (χ0n) is 13.7. The number of carbonyl (C=O) groups excluding carboxylic acids is 1. The summed E-state index contributed by atoms with van der Waals surface area (Å²) in [5.41, 5.74) is 0.835. The van der Waals surface area contributed by atoms with Crippen molar-refractivity contribution in [2.45, 2.75) is 38.8 Å². The molecule has 0 aliphatic carbocycles. The molecule has 1 aromatic carbocycles. The number of urea groups is 1. The van der Waals surface area contributed by atoms with Gasteiger partial charge in [0.25, 0.3) is 0 Å². The van der Waals surface area contributed by atoms with E-state index in [2.05, 4.69) is 5.32 Å². The summed E-state index contributed by atoms with van der Waals surface area (Å²) in [5.74, 6) is 1.06. The lowest BCUT2D eigenvalue weighted by molar-refractivity contribution is 0.0793. The number of hydrogen-bond acceptors (Lipinski definition) is 3. The minimum absolute atomic E-state index is 0.0676. The zero-order valence-corrected chi connectivity index (χ0v) is 13.7. The normalized spacial score (nSPS) is 18.8. The number of furan rings is 1. The molecule has 2 atom stereocenters. The quantitative estimate of drug-likeness (QED) is 0.913. The second kappa shape index (κ2) is 6.62. The lowest BCUT2D eigenvalue weighted by atomic mass is 9.92. The largest absolute Gasteiger partial charge is 0.459 e. The standard InChI is InChI=1S/C18H24N2O3/c1-12(17-11-15-5-3-4-6-16(15)23-17)19-18(22)20-9-7-14(8-10-20)13(2)21/h3-6,11-14,21H,7-10H2,1-2H3,(H,19,22). The number of likely N-dealkylation sites (tertiary alicyclic amines) is 1. The number of para-hydroxylation sites is 1. The van der Waals surface area contributed by atoms with Crippen LogP contribution in [0.3, 0.4) is 0 Å². The Hall–Kier alpha value is -2.01. The maximum atomic E-state index is 12.4. The van der Waals surface area contributed by atoms with Gasteiger partial charge in [-0.2, -0.15) is 0 Å². The smallest absolute Gasteiger partial charge is 0.317 e. The number of rotatable bonds is 3. The minimum Gasteiger partial charge on any atom is -0.459 e. The number of aliphatic hydroxyl groups excluding tert-OH is 1. The molecule has 1 fully saturated rings. The average Bonchev–Trinajstić information content (AvgIpc) is 2.99. The Kier molecular flexibility index (Phi) is 4.57. The highest BCUT2D eigenvalue weighted by molar-refractivity contribution is 5.78. The Morgan fingerprint density at radius 1 is 1.30 bits per heavy atom. The Labute approximate surface area is 136 Å². The fourth-order valence-electron chi connectivity index (χ4n) is 3.15. The van der Waals surface area contributed by atoms with E-state index < -0.39 is 0 Å². The van der Waals surface area contributed by atoms with E-state index in [0.717, 1.165) is 29.6 Å². The molecule has 124 valence electrons. The topological polar surface area (TPSA) is 65.7 Å². The van der Waals surface area contributed by atoms with E-state index >= 15 is 0 Å². The number of piperidine rings is 1. The summed E-state index contributed by atoms with van der Waals surface area (Å²) in [6.45, 7) is 5.13. The van der Waals surface area contributed by atoms with Crippen LogP contribution in [0.25, 0.3) is 11.0 Å². The monoisotopic (exact) mass is 316 g/mol. The van der Waals surface area contributed by atoms with E-state index in [1.807, 2.05) is 49.1 Å². The molecular weight excluding hydrogens is 292 g/mol. The molecule has 23 heavy (non-hydrogen) atoms. The van der Waals surface area contributed by atoms with E-state index in [1.165, 1.54) is 0 Å². The highest BCUT2D eigenvalue weighted by atomic mass is 16.3. The van der Waals surface area contributed by atoms with Gasteiger partial charge < -0.3 is 19.7 Å². The van der Waals surface area contributed by atoms with Crippen LogP contribution in [0.4, 0.5) is 4.79 Å². The third-order valence-corrected chi connectivity index (χ3v) is 4.72. The molecule has 0 bridgehead atoms. The van der Waals surface area contributed by atoms with Crippen molar-refractivity contribution in [2.24, 2.45) is 5.92 Å². The first kappa shape index (κ1) is 15.9. The lowest BCUT2D eigenvalue weighted by Gasteiger charge is -2.33. The van der Waals surface area contributed by atoms with Gasteiger partial charge >= 0.3 is 6.03 Å². The predicted molar refractivity (Wildman–Crippen MR) is 89.1 cm³/mol. The van der Waals surface area contributed by atoms with Gasteiger partial charge in [-0.3, -0.25) is 0 Å². The first-order chi connectivity index (χ1) is 11.0. The fourth-order valence-corrected chi connectivity index (χ4v) is 3.15. The van der Waals surface area contributed by atoms with Crippen LogP contribution in [-0.4, -0.2) is 35.2 Å². The molecular formula is C18H24N2O3. The Balaban J connectivity index is 1.59. The molecule has 1 aliphatic heterocycles. The molecule has 1 aromatic heterocycles. The van der Waals surface area contributed by atoms with Gasteiger partial charge in [0.1, 0.15) is 11.3 Å². The number of benzene rings is 1. The van der Waals surface area contributed by atoms with Gasteiger partial charge in [-0.15, -0.1) is 0 Å². The molecule has 2 N–H and O–H groups in total. The van der Waals surface area contributed by atoms with Gasteiger partial charge in [0.2, 0.25) is 0 Å². The molecule has 0 spiro atoms. The van der Waals surface area contributed by atoms with Crippen molar-refractivity contribution >= 4 is 17.0 Å². The molecule has 5 nitrogen and oxygen atoms in total. The number of nitrogens with zero attached hydrogens (tertiary/aromatic N) is 1. The zero-order chi connectivity index (χ0) is 16.4. The highest BCUT2D eigenvalue weighted by Gasteiger charge is 2.26. The van der Waals surface area contributed by atoms with E-state index in [9.17, 15) is 9.90 Å². The Morgan fingerprint density at radius 3 is 2.65 bits per heavy atom. The van der Waals surface area contributed by atoms with Crippen LogP contribution in [0.1, 0.15) is 38.5 Å². The first-order valence-corrected chi connectivity index (χ1v) is 8.26. The van der Waals surface area contributed by atoms with Gasteiger partial charge in [0.15, 0.2) is 0 Å². The van der Waals surface area contributed by atoms with E-state index in [1.54, 1.807) is 0 Å². The van der Waals surface area contributed by atoms with Gasteiger partial charge in [-0.1, -0.05) is 18.2 Å². The van der Waals surface area contributed by atoms with Crippen molar-refractivity contribution in [3.63, 3.8) is 0 Å². The van der Waals surface area contributed by atoms with Crippen LogP contribution in [0, 0.1) is 5.92 Å². The molecule has 1 saturated heterocycles. The molecule has 0 radical (unpaired) electrons. The summed E-state index contributed by atoms with van der Waals surface area (Å²) in [7, 11) is 0. The van der Waals surface area contributed by atoms with Gasteiger partial charge in [0, 0.05) is 18.5 Å². The summed E-state index contributed by atoms with van der Waals surface area (Å²) in [6, 6.07) is 9.56. The summed E-state index contributed by atoms with van der Waals surface area (Å²) < 4.78 is 5.80.